The highest BCUT2D eigenvalue weighted by Crippen LogP contribution is 2.45. The predicted molar refractivity (Wildman–Crippen MR) is 97.4 cm³/mol. The van der Waals surface area contributed by atoms with Gasteiger partial charge in [-0.1, -0.05) is 66.7 Å². The molecule has 0 spiro atoms. The van der Waals surface area contributed by atoms with Gasteiger partial charge in [0, 0.05) is 36.9 Å². The lowest BCUT2D eigenvalue weighted by atomic mass is 9.85. The molecule has 2 aliphatic heterocycles. The largest absolute Gasteiger partial charge is 0.492 e. The topological polar surface area (TPSA) is 12.5 Å². The number of ether oxygens (including phenoxy) is 1. The van der Waals surface area contributed by atoms with Crippen LogP contribution in [-0.4, -0.2) is 24.6 Å². The molecule has 1 saturated heterocycles. The standard InChI is InChI=1S/C22H21NO/c1-2-6-16(7-3-1)12-23-13-18-15-24-22-19-9-5-4-8-17(19)10-11-20(22)21(18)14-23/h1-11,18,21H,12-15H2/t18-,21+/m1/s1. The van der Waals surface area contributed by atoms with Crippen LogP contribution >= 0.6 is 0 Å². The zero-order valence-electron chi connectivity index (χ0n) is 13.7. The number of hydrogen-bond acceptors (Lipinski definition) is 2. The Morgan fingerprint density at radius 3 is 2.62 bits per heavy atom. The normalized spacial score (nSPS) is 22.8. The first kappa shape index (κ1) is 14.1. The highest BCUT2D eigenvalue weighted by molar-refractivity contribution is 5.90. The number of benzene rings is 3. The van der Waals surface area contributed by atoms with Crippen molar-refractivity contribution in [2.45, 2.75) is 12.5 Å². The van der Waals surface area contributed by atoms with Crippen molar-refractivity contribution in [2.75, 3.05) is 19.7 Å². The van der Waals surface area contributed by atoms with E-state index in [1.54, 1.807) is 0 Å². The Bertz CT molecular complexity index is 874. The van der Waals surface area contributed by atoms with Gasteiger partial charge in [-0.25, -0.2) is 0 Å². The fourth-order valence-corrected chi connectivity index (χ4v) is 4.36. The summed E-state index contributed by atoms with van der Waals surface area (Å²) in [5.74, 6) is 2.33. The van der Waals surface area contributed by atoms with Crippen molar-refractivity contribution in [1.29, 1.82) is 0 Å². The number of likely N-dealkylation sites (tertiary alicyclic amines) is 1. The molecule has 2 nitrogen and oxygen atoms in total. The molecule has 2 heterocycles. The SMILES string of the molecule is c1ccc(CN2C[C@@H]3COc4c(ccc5ccccc45)[C@H]3C2)cc1. The first-order valence-electron chi connectivity index (χ1n) is 8.79. The van der Waals surface area contributed by atoms with Gasteiger partial charge in [0.2, 0.25) is 0 Å². The average Bonchev–Trinajstić information content (AvgIpc) is 3.05. The second kappa shape index (κ2) is 5.64. The lowest BCUT2D eigenvalue weighted by Gasteiger charge is -2.28. The van der Waals surface area contributed by atoms with E-state index in [9.17, 15) is 0 Å². The summed E-state index contributed by atoms with van der Waals surface area (Å²) in [4.78, 5) is 2.58. The van der Waals surface area contributed by atoms with Crippen molar-refractivity contribution >= 4 is 10.8 Å². The van der Waals surface area contributed by atoms with E-state index in [0.717, 1.165) is 32.0 Å². The first-order valence-corrected chi connectivity index (χ1v) is 8.79. The van der Waals surface area contributed by atoms with Gasteiger partial charge in [-0.2, -0.15) is 0 Å². The van der Waals surface area contributed by atoms with Gasteiger partial charge in [0.25, 0.3) is 0 Å². The van der Waals surface area contributed by atoms with Gasteiger partial charge in [0.15, 0.2) is 0 Å². The minimum atomic E-state index is 0.599. The Morgan fingerprint density at radius 1 is 0.875 bits per heavy atom. The Balaban J connectivity index is 1.45. The van der Waals surface area contributed by atoms with Gasteiger partial charge in [0.1, 0.15) is 5.75 Å². The first-order chi connectivity index (χ1) is 11.9. The molecule has 0 radical (unpaired) electrons. The molecular weight excluding hydrogens is 294 g/mol. The molecule has 3 aromatic carbocycles. The summed E-state index contributed by atoms with van der Waals surface area (Å²) in [7, 11) is 0. The maximum atomic E-state index is 6.22. The molecular formula is C22H21NO. The van der Waals surface area contributed by atoms with Gasteiger partial charge in [-0.05, 0) is 16.5 Å². The van der Waals surface area contributed by atoms with Crippen molar-refractivity contribution in [1.82, 2.24) is 4.90 Å². The Labute approximate surface area is 142 Å². The van der Waals surface area contributed by atoms with Crippen molar-refractivity contribution in [3.8, 4) is 5.75 Å². The lowest BCUT2D eigenvalue weighted by molar-refractivity contribution is 0.214. The van der Waals surface area contributed by atoms with Crippen molar-refractivity contribution in [3.05, 3.63) is 77.9 Å². The molecule has 2 atom stereocenters. The summed E-state index contributed by atoms with van der Waals surface area (Å²) >= 11 is 0. The molecule has 2 aliphatic rings. The molecule has 1 fully saturated rings. The Hall–Kier alpha value is -2.32. The molecule has 0 bridgehead atoms. The van der Waals surface area contributed by atoms with Gasteiger partial charge >= 0.3 is 0 Å². The maximum Gasteiger partial charge on any atom is 0.130 e. The van der Waals surface area contributed by atoms with Crippen LogP contribution in [-0.2, 0) is 6.54 Å². The lowest BCUT2D eigenvalue weighted by Crippen LogP contribution is -2.25. The van der Waals surface area contributed by atoms with E-state index in [4.69, 9.17) is 4.74 Å². The molecule has 0 amide bonds. The third-order valence-corrected chi connectivity index (χ3v) is 5.52. The van der Waals surface area contributed by atoms with Gasteiger partial charge in [-0.15, -0.1) is 0 Å². The van der Waals surface area contributed by atoms with E-state index < -0.39 is 0 Å². The fraction of sp³-hybridized carbons (Fsp3) is 0.273. The molecule has 0 aromatic heterocycles. The minimum absolute atomic E-state index is 0.599. The van der Waals surface area contributed by atoms with E-state index in [1.807, 2.05) is 0 Å². The van der Waals surface area contributed by atoms with E-state index in [-0.39, 0.29) is 0 Å². The summed E-state index contributed by atoms with van der Waals surface area (Å²) in [6.07, 6.45) is 0. The van der Waals surface area contributed by atoms with Crippen molar-refractivity contribution < 1.29 is 4.74 Å². The Morgan fingerprint density at radius 2 is 1.71 bits per heavy atom. The van der Waals surface area contributed by atoms with Crippen LogP contribution in [0.3, 0.4) is 0 Å². The Kier molecular flexibility index (Phi) is 3.30. The summed E-state index contributed by atoms with van der Waals surface area (Å²) < 4.78 is 6.22. The molecule has 120 valence electrons. The molecule has 24 heavy (non-hydrogen) atoms. The maximum absolute atomic E-state index is 6.22. The summed E-state index contributed by atoms with van der Waals surface area (Å²) in [6.45, 7) is 4.15. The van der Waals surface area contributed by atoms with Gasteiger partial charge < -0.3 is 4.74 Å². The number of fused-ring (bicyclic) bond motifs is 5. The zero-order chi connectivity index (χ0) is 15.9. The summed E-state index contributed by atoms with van der Waals surface area (Å²) in [6, 6.07) is 23.9. The molecule has 0 N–H and O–H groups in total. The number of hydrogen-bond donors (Lipinski definition) is 0. The van der Waals surface area contributed by atoms with Crippen LogP contribution in [0.15, 0.2) is 66.7 Å². The minimum Gasteiger partial charge on any atom is -0.492 e. The van der Waals surface area contributed by atoms with Crippen LogP contribution in [0.5, 0.6) is 5.75 Å². The van der Waals surface area contributed by atoms with Crippen LogP contribution in [0, 0.1) is 5.92 Å². The molecule has 0 unspecified atom stereocenters. The van der Waals surface area contributed by atoms with E-state index in [0.29, 0.717) is 11.8 Å². The van der Waals surface area contributed by atoms with E-state index >= 15 is 0 Å². The monoisotopic (exact) mass is 315 g/mol. The highest BCUT2D eigenvalue weighted by Gasteiger charge is 2.39. The zero-order valence-corrected chi connectivity index (χ0v) is 13.7. The third-order valence-electron chi connectivity index (χ3n) is 5.52. The summed E-state index contributed by atoms with van der Waals surface area (Å²) in [5.41, 5.74) is 2.80. The van der Waals surface area contributed by atoms with Crippen LogP contribution in [0.2, 0.25) is 0 Å². The third kappa shape index (κ3) is 2.30. The number of rotatable bonds is 2. The van der Waals surface area contributed by atoms with Gasteiger partial charge in [0.05, 0.1) is 6.61 Å². The van der Waals surface area contributed by atoms with E-state index in [1.165, 1.54) is 21.9 Å². The molecule has 0 saturated carbocycles. The molecule has 2 heteroatoms. The fourth-order valence-electron chi connectivity index (χ4n) is 4.36. The second-order valence-electron chi connectivity index (χ2n) is 7.06. The molecule has 5 rings (SSSR count). The van der Waals surface area contributed by atoms with Crippen molar-refractivity contribution in [2.24, 2.45) is 5.92 Å². The van der Waals surface area contributed by atoms with E-state index in [2.05, 4.69) is 71.6 Å². The van der Waals surface area contributed by atoms with Gasteiger partial charge in [-0.3, -0.25) is 4.90 Å². The highest BCUT2D eigenvalue weighted by atomic mass is 16.5. The second-order valence-corrected chi connectivity index (χ2v) is 7.06. The van der Waals surface area contributed by atoms with Crippen LogP contribution in [0.25, 0.3) is 10.8 Å². The van der Waals surface area contributed by atoms with Crippen LogP contribution in [0.4, 0.5) is 0 Å². The van der Waals surface area contributed by atoms with Crippen molar-refractivity contribution in [3.63, 3.8) is 0 Å². The molecule has 3 aromatic rings. The average molecular weight is 315 g/mol. The van der Waals surface area contributed by atoms with Crippen LogP contribution in [0.1, 0.15) is 17.0 Å². The smallest absolute Gasteiger partial charge is 0.130 e. The summed E-state index contributed by atoms with van der Waals surface area (Å²) in [5, 5.41) is 2.53. The quantitative estimate of drug-likeness (QED) is 0.693. The number of nitrogens with zero attached hydrogens (tertiary/aromatic N) is 1. The van der Waals surface area contributed by atoms with Crippen LogP contribution < -0.4 is 4.74 Å². The molecule has 0 aliphatic carbocycles. The predicted octanol–water partition coefficient (Wildman–Crippen LogP) is 4.45.